The molecule has 0 aromatic heterocycles. The topological polar surface area (TPSA) is 61.4 Å². The van der Waals surface area contributed by atoms with Crippen LogP contribution in [0.4, 0.5) is 0 Å². The van der Waals surface area contributed by atoms with Gasteiger partial charge in [0.1, 0.15) is 0 Å². The number of aliphatic hydroxyl groups excluding tert-OH is 1. The Bertz CT molecular complexity index is 128. The number of rotatable bonds is 6. The van der Waals surface area contributed by atoms with E-state index in [1.165, 1.54) is 0 Å². The Labute approximate surface area is 73.3 Å². The van der Waals surface area contributed by atoms with Crippen molar-refractivity contribution >= 4 is 5.91 Å². The largest absolute Gasteiger partial charge is 0.395 e. The van der Waals surface area contributed by atoms with E-state index >= 15 is 0 Å². The summed E-state index contributed by atoms with van der Waals surface area (Å²) in [7, 11) is 1.63. The van der Waals surface area contributed by atoms with Gasteiger partial charge in [-0.25, -0.2) is 0 Å². The second-order valence-corrected chi connectivity index (χ2v) is 2.81. The molecule has 1 atom stereocenters. The van der Waals surface area contributed by atoms with Crippen LogP contribution in [-0.2, 0) is 4.79 Å². The van der Waals surface area contributed by atoms with Crippen molar-refractivity contribution in [1.29, 1.82) is 0 Å². The fraction of sp³-hybridized carbons (Fsp3) is 0.875. The van der Waals surface area contributed by atoms with Crippen molar-refractivity contribution in [2.24, 2.45) is 0 Å². The maximum Gasteiger partial charge on any atom is 0.219 e. The summed E-state index contributed by atoms with van der Waals surface area (Å²) >= 11 is 0. The van der Waals surface area contributed by atoms with E-state index in [0.29, 0.717) is 6.42 Å². The van der Waals surface area contributed by atoms with Crippen LogP contribution in [0.15, 0.2) is 0 Å². The fourth-order valence-corrected chi connectivity index (χ4v) is 0.787. The standard InChI is InChI=1S/C8H18N2O2/c1-7(6-11)10-5-3-4-8(12)9-2/h7,10-11H,3-6H2,1-2H3,(H,9,12). The zero-order chi connectivity index (χ0) is 9.40. The molecule has 0 fully saturated rings. The Balaban J connectivity index is 3.15. The second kappa shape index (κ2) is 7.06. The molecule has 1 unspecified atom stereocenters. The highest BCUT2D eigenvalue weighted by atomic mass is 16.3. The number of aliphatic hydroxyl groups is 1. The van der Waals surface area contributed by atoms with Gasteiger partial charge in [0.25, 0.3) is 0 Å². The quantitative estimate of drug-likeness (QED) is 0.475. The molecule has 0 bridgehead atoms. The first-order valence-corrected chi connectivity index (χ1v) is 4.25. The van der Waals surface area contributed by atoms with Crippen LogP contribution in [0.25, 0.3) is 0 Å². The van der Waals surface area contributed by atoms with Crippen LogP contribution in [0.1, 0.15) is 19.8 Å². The summed E-state index contributed by atoms with van der Waals surface area (Å²) in [6, 6.07) is 0.120. The van der Waals surface area contributed by atoms with Crippen LogP contribution >= 0.6 is 0 Å². The molecule has 0 aliphatic heterocycles. The molecule has 1 amide bonds. The molecule has 0 aliphatic rings. The van der Waals surface area contributed by atoms with Crippen LogP contribution < -0.4 is 10.6 Å². The molecule has 12 heavy (non-hydrogen) atoms. The molecule has 0 heterocycles. The number of carbonyl (C=O) groups excluding carboxylic acids is 1. The van der Waals surface area contributed by atoms with Gasteiger partial charge >= 0.3 is 0 Å². The maximum atomic E-state index is 10.7. The fourth-order valence-electron chi connectivity index (χ4n) is 0.787. The van der Waals surface area contributed by atoms with E-state index in [9.17, 15) is 4.79 Å². The lowest BCUT2D eigenvalue weighted by Gasteiger charge is -2.09. The minimum Gasteiger partial charge on any atom is -0.395 e. The van der Waals surface area contributed by atoms with Crippen molar-refractivity contribution in [1.82, 2.24) is 10.6 Å². The van der Waals surface area contributed by atoms with E-state index in [2.05, 4.69) is 10.6 Å². The van der Waals surface area contributed by atoms with Crippen molar-refractivity contribution in [3.8, 4) is 0 Å². The van der Waals surface area contributed by atoms with Crippen LogP contribution in [0.3, 0.4) is 0 Å². The van der Waals surface area contributed by atoms with Gasteiger partial charge in [0.2, 0.25) is 5.91 Å². The third-order valence-corrected chi connectivity index (χ3v) is 1.63. The van der Waals surface area contributed by atoms with Gasteiger partial charge in [-0.05, 0) is 19.9 Å². The van der Waals surface area contributed by atoms with Crippen molar-refractivity contribution in [3.05, 3.63) is 0 Å². The number of hydrogen-bond acceptors (Lipinski definition) is 3. The summed E-state index contributed by atoms with van der Waals surface area (Å²) < 4.78 is 0. The Hall–Kier alpha value is -0.610. The molecule has 4 nitrogen and oxygen atoms in total. The highest BCUT2D eigenvalue weighted by molar-refractivity contribution is 5.75. The third-order valence-electron chi connectivity index (χ3n) is 1.63. The molecule has 0 radical (unpaired) electrons. The summed E-state index contributed by atoms with van der Waals surface area (Å²) in [6.45, 7) is 2.81. The molecule has 3 N–H and O–H groups in total. The van der Waals surface area contributed by atoms with E-state index in [1.54, 1.807) is 7.05 Å². The number of amides is 1. The molecule has 0 rings (SSSR count). The van der Waals surface area contributed by atoms with Gasteiger partial charge in [-0.15, -0.1) is 0 Å². The Morgan fingerprint density at radius 2 is 2.25 bits per heavy atom. The van der Waals surface area contributed by atoms with Crippen molar-refractivity contribution in [3.63, 3.8) is 0 Å². The summed E-state index contributed by atoms with van der Waals surface area (Å²) in [5, 5.41) is 14.3. The lowest BCUT2D eigenvalue weighted by molar-refractivity contribution is -0.120. The van der Waals surface area contributed by atoms with Gasteiger partial charge < -0.3 is 15.7 Å². The first-order valence-electron chi connectivity index (χ1n) is 4.25. The van der Waals surface area contributed by atoms with Gasteiger partial charge in [0.05, 0.1) is 6.61 Å². The van der Waals surface area contributed by atoms with Gasteiger partial charge in [-0.2, -0.15) is 0 Å². The first kappa shape index (κ1) is 11.4. The highest BCUT2D eigenvalue weighted by Gasteiger charge is 1.99. The number of carbonyl (C=O) groups is 1. The molecule has 0 aliphatic carbocycles. The summed E-state index contributed by atoms with van der Waals surface area (Å²) in [4.78, 5) is 10.7. The average Bonchev–Trinajstić information content (AvgIpc) is 2.11. The molecule has 0 saturated carbocycles. The zero-order valence-electron chi connectivity index (χ0n) is 7.76. The zero-order valence-corrected chi connectivity index (χ0v) is 7.76. The molecule has 0 aromatic carbocycles. The van der Waals surface area contributed by atoms with E-state index in [4.69, 9.17) is 5.11 Å². The number of hydrogen-bond donors (Lipinski definition) is 3. The van der Waals surface area contributed by atoms with E-state index in [1.807, 2.05) is 6.92 Å². The van der Waals surface area contributed by atoms with Gasteiger partial charge in [0.15, 0.2) is 0 Å². The minimum atomic E-state index is 0.0634. The van der Waals surface area contributed by atoms with Gasteiger partial charge in [-0.1, -0.05) is 0 Å². The van der Waals surface area contributed by atoms with E-state index < -0.39 is 0 Å². The molecule has 0 aromatic rings. The minimum absolute atomic E-state index is 0.0634. The summed E-state index contributed by atoms with van der Waals surface area (Å²) in [5.74, 6) is 0.0634. The molecular weight excluding hydrogens is 156 g/mol. The molecule has 4 heteroatoms. The Morgan fingerprint density at radius 3 is 2.75 bits per heavy atom. The lowest BCUT2D eigenvalue weighted by atomic mass is 10.2. The van der Waals surface area contributed by atoms with Crippen LogP contribution in [0.5, 0.6) is 0 Å². The van der Waals surface area contributed by atoms with Crippen molar-refractivity contribution < 1.29 is 9.90 Å². The second-order valence-electron chi connectivity index (χ2n) is 2.81. The predicted molar refractivity (Wildman–Crippen MR) is 47.9 cm³/mol. The van der Waals surface area contributed by atoms with Crippen LogP contribution in [0, 0.1) is 0 Å². The monoisotopic (exact) mass is 174 g/mol. The normalized spacial score (nSPS) is 12.6. The first-order chi connectivity index (χ1) is 5.70. The van der Waals surface area contributed by atoms with Crippen molar-refractivity contribution in [2.45, 2.75) is 25.8 Å². The summed E-state index contributed by atoms with van der Waals surface area (Å²) in [5.41, 5.74) is 0. The van der Waals surface area contributed by atoms with Crippen LogP contribution in [-0.4, -0.2) is 37.3 Å². The Morgan fingerprint density at radius 1 is 1.58 bits per heavy atom. The van der Waals surface area contributed by atoms with Crippen molar-refractivity contribution in [2.75, 3.05) is 20.2 Å². The smallest absolute Gasteiger partial charge is 0.219 e. The third kappa shape index (κ3) is 6.12. The lowest BCUT2D eigenvalue weighted by Crippen LogP contribution is -2.30. The van der Waals surface area contributed by atoms with E-state index in [0.717, 1.165) is 13.0 Å². The molecule has 72 valence electrons. The summed E-state index contributed by atoms with van der Waals surface area (Å²) in [6.07, 6.45) is 1.35. The van der Waals surface area contributed by atoms with Crippen LogP contribution in [0.2, 0.25) is 0 Å². The molecular formula is C8H18N2O2. The molecule has 0 spiro atoms. The average molecular weight is 174 g/mol. The SMILES string of the molecule is CNC(=O)CCCNC(C)CO. The number of nitrogens with one attached hydrogen (secondary N) is 2. The molecule has 0 saturated heterocycles. The Kier molecular flexibility index (Phi) is 6.70. The van der Waals surface area contributed by atoms with Gasteiger partial charge in [0, 0.05) is 19.5 Å². The van der Waals surface area contributed by atoms with E-state index in [-0.39, 0.29) is 18.6 Å². The predicted octanol–water partition coefficient (Wildman–Crippen LogP) is -0.517. The maximum absolute atomic E-state index is 10.7. The highest BCUT2D eigenvalue weighted by Crippen LogP contribution is 1.87. The van der Waals surface area contributed by atoms with Gasteiger partial charge in [-0.3, -0.25) is 4.79 Å².